The van der Waals surface area contributed by atoms with Crippen LogP contribution in [0.4, 0.5) is 0 Å². The van der Waals surface area contributed by atoms with Crippen LogP contribution in [0.3, 0.4) is 0 Å². The van der Waals surface area contributed by atoms with E-state index in [0.29, 0.717) is 24.0 Å². The highest BCUT2D eigenvalue weighted by atomic mass is 79.9. The van der Waals surface area contributed by atoms with Gasteiger partial charge >= 0.3 is 0 Å². The highest BCUT2D eigenvalue weighted by molar-refractivity contribution is 9.10. The van der Waals surface area contributed by atoms with Gasteiger partial charge in [-0.1, -0.05) is 6.07 Å². The molecule has 0 radical (unpaired) electrons. The standard InChI is InChI=1S/C12H15BrN4O2S/c13-11-2-1-9(6-14)5-12(11)20(18,19)17-4-3-10-7-15-8-16-10/h1-2,5,7-8,17H,3-4,6,14H2,(H,15,16). The molecular formula is C12H15BrN4O2S. The molecule has 0 fully saturated rings. The van der Waals surface area contributed by atoms with E-state index < -0.39 is 10.0 Å². The molecule has 0 unspecified atom stereocenters. The molecule has 8 heteroatoms. The molecule has 1 aromatic heterocycles. The monoisotopic (exact) mass is 358 g/mol. The summed E-state index contributed by atoms with van der Waals surface area (Å²) >= 11 is 3.25. The molecule has 0 spiro atoms. The lowest BCUT2D eigenvalue weighted by molar-refractivity contribution is 0.580. The number of nitrogens with two attached hydrogens (primary N) is 1. The molecular weight excluding hydrogens is 344 g/mol. The van der Waals surface area contributed by atoms with Crippen LogP contribution in [-0.4, -0.2) is 24.9 Å². The number of imidazole rings is 1. The van der Waals surface area contributed by atoms with Gasteiger partial charge in [-0.2, -0.15) is 0 Å². The van der Waals surface area contributed by atoms with Crippen molar-refractivity contribution in [3.05, 3.63) is 46.5 Å². The van der Waals surface area contributed by atoms with E-state index in [-0.39, 0.29) is 4.90 Å². The van der Waals surface area contributed by atoms with E-state index >= 15 is 0 Å². The van der Waals surface area contributed by atoms with Crippen LogP contribution in [0.25, 0.3) is 0 Å². The van der Waals surface area contributed by atoms with Gasteiger partial charge in [-0.15, -0.1) is 0 Å². The maximum atomic E-state index is 12.2. The van der Waals surface area contributed by atoms with Crippen molar-refractivity contribution in [2.24, 2.45) is 5.73 Å². The van der Waals surface area contributed by atoms with Gasteiger partial charge < -0.3 is 10.7 Å². The number of hydrogen-bond acceptors (Lipinski definition) is 4. The fraction of sp³-hybridized carbons (Fsp3) is 0.250. The second-order valence-corrected chi connectivity index (χ2v) is 6.78. The highest BCUT2D eigenvalue weighted by Gasteiger charge is 2.17. The van der Waals surface area contributed by atoms with Crippen molar-refractivity contribution in [1.82, 2.24) is 14.7 Å². The average Bonchev–Trinajstić information content (AvgIpc) is 2.92. The maximum absolute atomic E-state index is 12.2. The van der Waals surface area contributed by atoms with Crippen LogP contribution in [0, 0.1) is 0 Å². The Kier molecular flexibility index (Phi) is 4.92. The van der Waals surface area contributed by atoms with Gasteiger partial charge in [-0.3, -0.25) is 0 Å². The molecule has 0 aliphatic rings. The van der Waals surface area contributed by atoms with Crippen LogP contribution in [0.2, 0.25) is 0 Å². The molecule has 4 N–H and O–H groups in total. The third-order valence-electron chi connectivity index (χ3n) is 2.76. The van der Waals surface area contributed by atoms with Crippen molar-refractivity contribution < 1.29 is 8.42 Å². The van der Waals surface area contributed by atoms with Gasteiger partial charge in [-0.05, 0) is 33.6 Å². The summed E-state index contributed by atoms with van der Waals surface area (Å²) in [5.74, 6) is 0. The molecule has 0 atom stereocenters. The Morgan fingerprint density at radius 1 is 1.40 bits per heavy atom. The van der Waals surface area contributed by atoms with E-state index in [0.717, 1.165) is 11.3 Å². The normalized spacial score (nSPS) is 11.7. The van der Waals surface area contributed by atoms with Crippen molar-refractivity contribution in [3.8, 4) is 0 Å². The lowest BCUT2D eigenvalue weighted by atomic mass is 10.2. The molecule has 0 saturated heterocycles. The number of nitrogens with zero attached hydrogens (tertiary/aromatic N) is 1. The summed E-state index contributed by atoms with van der Waals surface area (Å²) in [5.41, 5.74) is 7.18. The number of halogens is 1. The first-order valence-electron chi connectivity index (χ1n) is 5.98. The summed E-state index contributed by atoms with van der Waals surface area (Å²) in [7, 11) is -3.56. The molecule has 1 aromatic carbocycles. The molecule has 1 heterocycles. The Balaban J connectivity index is 2.09. The third-order valence-corrected chi connectivity index (χ3v) is 5.22. The second kappa shape index (κ2) is 6.49. The summed E-state index contributed by atoms with van der Waals surface area (Å²) in [4.78, 5) is 7.00. The Bertz CT molecular complexity index is 671. The minimum Gasteiger partial charge on any atom is -0.348 e. The zero-order valence-corrected chi connectivity index (χ0v) is 13.0. The van der Waals surface area contributed by atoms with Crippen LogP contribution in [0.15, 0.2) is 40.1 Å². The maximum Gasteiger partial charge on any atom is 0.241 e. The molecule has 2 aromatic rings. The molecule has 0 amide bonds. The van der Waals surface area contributed by atoms with E-state index in [2.05, 4.69) is 30.6 Å². The lowest BCUT2D eigenvalue weighted by Crippen LogP contribution is -2.26. The lowest BCUT2D eigenvalue weighted by Gasteiger charge is -2.09. The summed E-state index contributed by atoms with van der Waals surface area (Å²) in [5, 5.41) is 0. The first kappa shape index (κ1) is 15.2. The number of rotatable bonds is 6. The quantitative estimate of drug-likeness (QED) is 0.720. The number of hydrogen-bond donors (Lipinski definition) is 3. The molecule has 0 aliphatic heterocycles. The number of aromatic amines is 1. The highest BCUT2D eigenvalue weighted by Crippen LogP contribution is 2.22. The summed E-state index contributed by atoms with van der Waals surface area (Å²) in [6, 6.07) is 5.04. The van der Waals surface area contributed by atoms with Crippen LogP contribution < -0.4 is 10.5 Å². The van der Waals surface area contributed by atoms with Crippen molar-refractivity contribution >= 4 is 26.0 Å². The number of aromatic nitrogens is 2. The molecule has 0 saturated carbocycles. The SMILES string of the molecule is NCc1ccc(Br)c(S(=O)(=O)NCCc2cnc[nH]2)c1. The minimum atomic E-state index is -3.56. The molecule has 2 rings (SSSR count). The first-order valence-corrected chi connectivity index (χ1v) is 8.26. The van der Waals surface area contributed by atoms with Gasteiger partial charge in [0.2, 0.25) is 10.0 Å². The van der Waals surface area contributed by atoms with Gasteiger partial charge in [0.1, 0.15) is 0 Å². The van der Waals surface area contributed by atoms with Crippen molar-refractivity contribution in [2.45, 2.75) is 17.9 Å². The van der Waals surface area contributed by atoms with E-state index in [4.69, 9.17) is 5.73 Å². The first-order chi connectivity index (χ1) is 9.53. The fourth-order valence-electron chi connectivity index (χ4n) is 1.70. The number of sulfonamides is 1. The van der Waals surface area contributed by atoms with Crippen molar-refractivity contribution in [1.29, 1.82) is 0 Å². The number of nitrogens with one attached hydrogen (secondary N) is 2. The topological polar surface area (TPSA) is 101 Å². The molecule has 108 valence electrons. The van der Waals surface area contributed by atoms with E-state index in [1.165, 1.54) is 0 Å². The van der Waals surface area contributed by atoms with Gasteiger partial charge in [0.25, 0.3) is 0 Å². The zero-order valence-electron chi connectivity index (χ0n) is 10.6. The number of benzene rings is 1. The largest absolute Gasteiger partial charge is 0.348 e. The van der Waals surface area contributed by atoms with Crippen molar-refractivity contribution in [3.63, 3.8) is 0 Å². The van der Waals surface area contributed by atoms with Gasteiger partial charge in [0, 0.05) is 35.9 Å². The predicted molar refractivity (Wildman–Crippen MR) is 79.5 cm³/mol. The molecule has 20 heavy (non-hydrogen) atoms. The summed E-state index contributed by atoms with van der Waals surface area (Å²) in [6.07, 6.45) is 3.78. The van der Waals surface area contributed by atoms with Gasteiger partial charge in [0.05, 0.1) is 11.2 Å². The Morgan fingerprint density at radius 2 is 2.20 bits per heavy atom. The smallest absolute Gasteiger partial charge is 0.241 e. The van der Waals surface area contributed by atoms with E-state index in [1.54, 1.807) is 30.7 Å². The van der Waals surface area contributed by atoms with E-state index in [1.807, 2.05) is 0 Å². The summed E-state index contributed by atoms with van der Waals surface area (Å²) in [6.45, 7) is 0.591. The summed E-state index contributed by atoms with van der Waals surface area (Å²) < 4.78 is 27.6. The van der Waals surface area contributed by atoms with Crippen LogP contribution in [0.5, 0.6) is 0 Å². The molecule has 0 aliphatic carbocycles. The fourth-order valence-corrected chi connectivity index (χ4v) is 3.74. The van der Waals surface area contributed by atoms with Crippen LogP contribution in [0.1, 0.15) is 11.3 Å². The van der Waals surface area contributed by atoms with E-state index in [9.17, 15) is 8.42 Å². The van der Waals surface area contributed by atoms with Gasteiger partial charge in [0.15, 0.2) is 0 Å². The van der Waals surface area contributed by atoms with Crippen molar-refractivity contribution in [2.75, 3.05) is 6.54 Å². The molecule has 0 bridgehead atoms. The Morgan fingerprint density at radius 3 is 2.85 bits per heavy atom. The minimum absolute atomic E-state index is 0.199. The number of H-pyrrole nitrogens is 1. The average molecular weight is 359 g/mol. The zero-order chi connectivity index (χ0) is 14.6. The Hall–Kier alpha value is -1.22. The van der Waals surface area contributed by atoms with Crippen LogP contribution >= 0.6 is 15.9 Å². The predicted octanol–water partition coefficient (Wildman–Crippen LogP) is 1.15. The molecule has 6 nitrogen and oxygen atoms in total. The third kappa shape index (κ3) is 3.66. The second-order valence-electron chi connectivity index (χ2n) is 4.19. The van der Waals surface area contributed by atoms with Gasteiger partial charge in [-0.25, -0.2) is 18.1 Å². The van der Waals surface area contributed by atoms with Crippen LogP contribution in [-0.2, 0) is 23.0 Å². The Labute approximate surface area is 126 Å².